The second kappa shape index (κ2) is 6.34. The molecule has 2 N–H and O–H groups in total. The molecule has 1 saturated carbocycles. The van der Waals surface area contributed by atoms with Crippen molar-refractivity contribution >= 4 is 23.2 Å². The molecule has 4 nitrogen and oxygen atoms in total. The summed E-state index contributed by atoms with van der Waals surface area (Å²) in [6, 6.07) is 1.74. The number of carbonyl (C=O) groups excluding carboxylic acids is 2. The summed E-state index contributed by atoms with van der Waals surface area (Å²) in [6.45, 7) is 9.16. The Balaban J connectivity index is 2.25. The van der Waals surface area contributed by atoms with E-state index in [0.717, 1.165) is 17.7 Å². The molecule has 1 fully saturated rings. The predicted octanol–water partition coefficient (Wildman–Crippen LogP) is 4.10. The van der Waals surface area contributed by atoms with E-state index in [1.165, 1.54) is 6.92 Å². The maximum atomic E-state index is 13.5. The third kappa shape index (κ3) is 3.63. The van der Waals surface area contributed by atoms with Gasteiger partial charge in [-0.3, -0.25) is 9.59 Å². The van der Waals surface area contributed by atoms with E-state index in [1.54, 1.807) is 0 Å². The van der Waals surface area contributed by atoms with Crippen molar-refractivity contribution in [3.8, 4) is 0 Å². The van der Waals surface area contributed by atoms with E-state index in [4.69, 9.17) is 0 Å². The standard InChI is InChI=1S/C18H22F2N2O2/c1-9(2)6-11-16(18(11,4)5)17(24)22-15-8-13(20)12(19)7-14(15)21-10(3)23/h6-8,11,16H,1-5H3,(H,21,23)(H,22,24). The first-order valence-corrected chi connectivity index (χ1v) is 7.76. The van der Waals surface area contributed by atoms with Crippen molar-refractivity contribution in [3.63, 3.8) is 0 Å². The lowest BCUT2D eigenvalue weighted by Crippen LogP contribution is -2.19. The monoisotopic (exact) mass is 336 g/mol. The van der Waals surface area contributed by atoms with Gasteiger partial charge in [0.1, 0.15) is 0 Å². The number of nitrogens with one attached hydrogen (secondary N) is 2. The van der Waals surface area contributed by atoms with Gasteiger partial charge in [0.15, 0.2) is 11.6 Å². The summed E-state index contributed by atoms with van der Waals surface area (Å²) in [6.07, 6.45) is 2.05. The summed E-state index contributed by atoms with van der Waals surface area (Å²) in [5.41, 5.74) is 1.00. The Hall–Kier alpha value is -2.24. The Labute approximate surface area is 140 Å². The maximum Gasteiger partial charge on any atom is 0.228 e. The molecule has 0 spiro atoms. The molecule has 2 unspecified atom stereocenters. The highest BCUT2D eigenvalue weighted by molar-refractivity contribution is 6.01. The molecule has 0 aromatic heterocycles. The molecule has 1 aliphatic rings. The minimum atomic E-state index is -1.09. The van der Waals surface area contributed by atoms with E-state index in [-0.39, 0.29) is 34.5 Å². The Morgan fingerprint density at radius 2 is 1.54 bits per heavy atom. The van der Waals surface area contributed by atoms with Gasteiger partial charge in [-0.05, 0) is 25.2 Å². The molecule has 2 amide bonds. The van der Waals surface area contributed by atoms with Gasteiger partial charge < -0.3 is 10.6 Å². The molecule has 0 radical (unpaired) electrons. The maximum absolute atomic E-state index is 13.5. The Kier molecular flexibility index (Phi) is 4.78. The van der Waals surface area contributed by atoms with Crippen molar-refractivity contribution in [2.75, 3.05) is 10.6 Å². The number of carbonyl (C=O) groups is 2. The van der Waals surface area contributed by atoms with Crippen molar-refractivity contribution in [3.05, 3.63) is 35.4 Å². The number of hydrogen-bond donors (Lipinski definition) is 2. The summed E-state index contributed by atoms with van der Waals surface area (Å²) in [7, 11) is 0. The number of benzene rings is 1. The van der Waals surface area contributed by atoms with Crippen LogP contribution in [0.1, 0.15) is 34.6 Å². The summed E-state index contributed by atoms with van der Waals surface area (Å²) in [5, 5.41) is 5.01. The first kappa shape index (κ1) is 18.1. The second-order valence-electron chi connectivity index (χ2n) is 7.05. The number of anilines is 2. The minimum Gasteiger partial charge on any atom is -0.324 e. The van der Waals surface area contributed by atoms with Crippen LogP contribution in [0.5, 0.6) is 0 Å². The highest BCUT2D eigenvalue weighted by Crippen LogP contribution is 2.59. The Morgan fingerprint density at radius 1 is 1.04 bits per heavy atom. The fourth-order valence-electron chi connectivity index (χ4n) is 3.00. The molecule has 0 heterocycles. The topological polar surface area (TPSA) is 58.2 Å². The normalized spacial score (nSPS) is 21.0. The van der Waals surface area contributed by atoms with E-state index in [2.05, 4.69) is 10.6 Å². The predicted molar refractivity (Wildman–Crippen MR) is 89.5 cm³/mol. The molecular weight excluding hydrogens is 314 g/mol. The summed E-state index contributed by atoms with van der Waals surface area (Å²) in [4.78, 5) is 23.8. The van der Waals surface area contributed by atoms with Crippen LogP contribution >= 0.6 is 0 Å². The molecule has 24 heavy (non-hydrogen) atoms. The Bertz CT molecular complexity index is 722. The molecule has 130 valence electrons. The van der Waals surface area contributed by atoms with Crippen LogP contribution in [-0.4, -0.2) is 11.8 Å². The third-order valence-electron chi connectivity index (χ3n) is 4.34. The Morgan fingerprint density at radius 3 is 2.00 bits per heavy atom. The second-order valence-corrected chi connectivity index (χ2v) is 7.05. The smallest absolute Gasteiger partial charge is 0.228 e. The van der Waals surface area contributed by atoms with Crippen molar-refractivity contribution in [1.29, 1.82) is 0 Å². The van der Waals surface area contributed by atoms with Gasteiger partial charge in [-0.25, -0.2) is 8.78 Å². The van der Waals surface area contributed by atoms with Crippen LogP contribution < -0.4 is 10.6 Å². The molecule has 2 rings (SSSR count). The average molecular weight is 336 g/mol. The van der Waals surface area contributed by atoms with E-state index in [0.29, 0.717) is 0 Å². The number of amides is 2. The highest BCUT2D eigenvalue weighted by Gasteiger charge is 2.60. The van der Waals surface area contributed by atoms with Crippen molar-refractivity contribution in [2.24, 2.45) is 17.3 Å². The SMILES string of the molecule is CC(=O)Nc1cc(F)c(F)cc1NC(=O)C1C(C=C(C)C)C1(C)C. The molecule has 1 aliphatic carbocycles. The molecule has 0 aliphatic heterocycles. The van der Waals surface area contributed by atoms with E-state index in [9.17, 15) is 18.4 Å². The van der Waals surface area contributed by atoms with Crippen LogP contribution in [0, 0.1) is 28.9 Å². The largest absolute Gasteiger partial charge is 0.324 e. The van der Waals surface area contributed by atoms with E-state index in [1.807, 2.05) is 33.8 Å². The minimum absolute atomic E-state index is 0.0342. The lowest BCUT2D eigenvalue weighted by atomic mass is 10.1. The molecule has 0 bridgehead atoms. The van der Waals surface area contributed by atoms with Gasteiger partial charge in [0.2, 0.25) is 11.8 Å². The lowest BCUT2D eigenvalue weighted by Gasteiger charge is -2.12. The van der Waals surface area contributed by atoms with Gasteiger partial charge in [0, 0.05) is 19.1 Å². The number of allylic oxidation sites excluding steroid dienone is 2. The quantitative estimate of drug-likeness (QED) is 0.813. The van der Waals surface area contributed by atoms with Gasteiger partial charge in [0.05, 0.1) is 17.3 Å². The molecule has 0 saturated heterocycles. The van der Waals surface area contributed by atoms with Gasteiger partial charge in [-0.15, -0.1) is 0 Å². The number of hydrogen-bond acceptors (Lipinski definition) is 2. The highest BCUT2D eigenvalue weighted by atomic mass is 19.2. The fourth-order valence-corrected chi connectivity index (χ4v) is 3.00. The lowest BCUT2D eigenvalue weighted by molar-refractivity contribution is -0.118. The summed E-state index contributed by atoms with van der Waals surface area (Å²) in [5.74, 6) is -3.06. The molecule has 6 heteroatoms. The van der Waals surface area contributed by atoms with Crippen LogP contribution in [0.15, 0.2) is 23.8 Å². The van der Waals surface area contributed by atoms with E-state index >= 15 is 0 Å². The molecule has 1 aromatic rings. The van der Waals surface area contributed by atoms with E-state index < -0.39 is 17.5 Å². The zero-order valence-corrected chi connectivity index (χ0v) is 14.5. The van der Waals surface area contributed by atoms with Crippen molar-refractivity contribution in [1.82, 2.24) is 0 Å². The first-order valence-electron chi connectivity index (χ1n) is 7.76. The summed E-state index contributed by atoms with van der Waals surface area (Å²) >= 11 is 0. The molecule has 1 aromatic carbocycles. The zero-order valence-electron chi connectivity index (χ0n) is 14.5. The molecule has 2 atom stereocenters. The zero-order chi connectivity index (χ0) is 18.2. The van der Waals surface area contributed by atoms with Crippen molar-refractivity contribution in [2.45, 2.75) is 34.6 Å². The van der Waals surface area contributed by atoms with Gasteiger partial charge in [-0.2, -0.15) is 0 Å². The van der Waals surface area contributed by atoms with Crippen LogP contribution in [0.3, 0.4) is 0 Å². The third-order valence-corrected chi connectivity index (χ3v) is 4.34. The van der Waals surface area contributed by atoms with Crippen LogP contribution in [-0.2, 0) is 9.59 Å². The van der Waals surface area contributed by atoms with Gasteiger partial charge in [-0.1, -0.05) is 25.5 Å². The van der Waals surface area contributed by atoms with Crippen LogP contribution in [0.4, 0.5) is 20.2 Å². The number of rotatable bonds is 4. The van der Waals surface area contributed by atoms with Crippen LogP contribution in [0.25, 0.3) is 0 Å². The van der Waals surface area contributed by atoms with Gasteiger partial charge >= 0.3 is 0 Å². The first-order chi connectivity index (χ1) is 11.0. The fraction of sp³-hybridized carbons (Fsp3) is 0.444. The van der Waals surface area contributed by atoms with Gasteiger partial charge in [0.25, 0.3) is 0 Å². The number of halogens is 2. The summed E-state index contributed by atoms with van der Waals surface area (Å²) < 4.78 is 26.9. The molecular formula is C18H22F2N2O2. The van der Waals surface area contributed by atoms with Crippen molar-refractivity contribution < 1.29 is 18.4 Å². The average Bonchev–Trinajstić information content (AvgIpc) is 2.95. The van der Waals surface area contributed by atoms with Crippen LogP contribution in [0.2, 0.25) is 0 Å².